The lowest BCUT2D eigenvalue weighted by Crippen LogP contribution is -2.28. The van der Waals surface area contributed by atoms with Gasteiger partial charge in [-0.05, 0) is 62.4 Å². The van der Waals surface area contributed by atoms with Gasteiger partial charge in [0.05, 0.1) is 11.6 Å². The summed E-state index contributed by atoms with van der Waals surface area (Å²) in [7, 11) is 0. The highest BCUT2D eigenvalue weighted by Crippen LogP contribution is 2.33. The summed E-state index contributed by atoms with van der Waals surface area (Å²) in [5, 5.41) is 4.12. The zero-order valence-corrected chi connectivity index (χ0v) is 12.5. The zero-order chi connectivity index (χ0) is 13.8. The van der Waals surface area contributed by atoms with Gasteiger partial charge < -0.3 is 14.8 Å². The van der Waals surface area contributed by atoms with E-state index in [1.807, 2.05) is 6.07 Å². The Balaban J connectivity index is 1.66. The SMILES string of the molecule is Clc1cc(C2CCNCC2)ccc1OC1CCCOC1. The Bertz CT molecular complexity index is 440. The second-order valence-corrected chi connectivity index (χ2v) is 6.08. The zero-order valence-electron chi connectivity index (χ0n) is 11.7. The van der Waals surface area contributed by atoms with Gasteiger partial charge in [-0.2, -0.15) is 0 Å². The Hall–Kier alpha value is -0.770. The Kier molecular flexibility index (Phi) is 4.81. The Morgan fingerprint density at radius 1 is 1.20 bits per heavy atom. The fourth-order valence-electron chi connectivity index (χ4n) is 3.01. The molecule has 1 unspecified atom stereocenters. The molecule has 1 aromatic rings. The first-order valence-electron chi connectivity index (χ1n) is 7.57. The molecule has 0 radical (unpaired) electrons. The molecule has 4 heteroatoms. The van der Waals surface area contributed by atoms with Crippen molar-refractivity contribution in [2.45, 2.75) is 37.7 Å². The van der Waals surface area contributed by atoms with E-state index in [2.05, 4.69) is 17.4 Å². The highest BCUT2D eigenvalue weighted by Gasteiger charge is 2.19. The molecule has 1 aromatic carbocycles. The number of nitrogens with one attached hydrogen (secondary N) is 1. The largest absolute Gasteiger partial charge is 0.486 e. The molecule has 0 aliphatic carbocycles. The van der Waals surface area contributed by atoms with Crippen LogP contribution in [-0.4, -0.2) is 32.4 Å². The number of rotatable bonds is 3. The third-order valence-corrected chi connectivity index (χ3v) is 4.47. The van der Waals surface area contributed by atoms with Crippen LogP contribution in [0.5, 0.6) is 5.75 Å². The minimum absolute atomic E-state index is 0.144. The molecule has 0 aromatic heterocycles. The van der Waals surface area contributed by atoms with Gasteiger partial charge in [-0.1, -0.05) is 17.7 Å². The van der Waals surface area contributed by atoms with Crippen molar-refractivity contribution < 1.29 is 9.47 Å². The topological polar surface area (TPSA) is 30.5 Å². The molecule has 3 nitrogen and oxygen atoms in total. The van der Waals surface area contributed by atoms with Crippen molar-refractivity contribution in [2.75, 3.05) is 26.3 Å². The van der Waals surface area contributed by atoms with Gasteiger partial charge in [0.15, 0.2) is 0 Å². The molecule has 2 heterocycles. The molecule has 0 spiro atoms. The number of ether oxygens (including phenoxy) is 2. The molecule has 0 saturated carbocycles. The number of hydrogen-bond acceptors (Lipinski definition) is 3. The summed E-state index contributed by atoms with van der Waals surface area (Å²) in [6, 6.07) is 6.27. The van der Waals surface area contributed by atoms with Crippen LogP contribution in [0.1, 0.15) is 37.2 Å². The van der Waals surface area contributed by atoms with Crippen LogP contribution < -0.4 is 10.1 Å². The van der Waals surface area contributed by atoms with Crippen LogP contribution in [0.25, 0.3) is 0 Å². The lowest BCUT2D eigenvalue weighted by molar-refractivity contribution is 0.00746. The van der Waals surface area contributed by atoms with E-state index in [1.54, 1.807) is 0 Å². The molecular weight excluding hydrogens is 274 g/mol. The summed E-state index contributed by atoms with van der Waals surface area (Å²) >= 11 is 6.39. The van der Waals surface area contributed by atoms with Gasteiger partial charge in [0.1, 0.15) is 11.9 Å². The summed E-state index contributed by atoms with van der Waals surface area (Å²) < 4.78 is 11.4. The molecule has 2 aliphatic heterocycles. The van der Waals surface area contributed by atoms with Crippen molar-refractivity contribution in [3.63, 3.8) is 0 Å². The number of halogens is 1. The minimum Gasteiger partial charge on any atom is -0.486 e. The van der Waals surface area contributed by atoms with Gasteiger partial charge in [-0.15, -0.1) is 0 Å². The van der Waals surface area contributed by atoms with E-state index in [0.717, 1.165) is 43.3 Å². The number of benzene rings is 1. The fourth-order valence-corrected chi connectivity index (χ4v) is 3.24. The first kappa shape index (κ1) is 14.2. The molecule has 0 amide bonds. The second kappa shape index (κ2) is 6.79. The van der Waals surface area contributed by atoms with Crippen LogP contribution in [0.3, 0.4) is 0 Å². The number of piperidine rings is 1. The molecule has 2 fully saturated rings. The van der Waals surface area contributed by atoms with E-state index in [1.165, 1.54) is 18.4 Å². The van der Waals surface area contributed by atoms with Crippen molar-refractivity contribution in [3.05, 3.63) is 28.8 Å². The lowest BCUT2D eigenvalue weighted by Gasteiger charge is -2.25. The lowest BCUT2D eigenvalue weighted by atomic mass is 9.90. The van der Waals surface area contributed by atoms with Crippen molar-refractivity contribution in [3.8, 4) is 5.75 Å². The number of hydrogen-bond donors (Lipinski definition) is 1. The Morgan fingerprint density at radius 2 is 2.05 bits per heavy atom. The first-order valence-corrected chi connectivity index (χ1v) is 7.95. The van der Waals surface area contributed by atoms with E-state index in [0.29, 0.717) is 12.5 Å². The van der Waals surface area contributed by atoms with Crippen LogP contribution in [-0.2, 0) is 4.74 Å². The first-order chi connectivity index (χ1) is 9.83. The average Bonchev–Trinajstić information content (AvgIpc) is 2.51. The highest BCUT2D eigenvalue weighted by atomic mass is 35.5. The summed E-state index contributed by atoms with van der Waals surface area (Å²) in [5.41, 5.74) is 1.34. The minimum atomic E-state index is 0.144. The van der Waals surface area contributed by atoms with Crippen LogP contribution in [0.4, 0.5) is 0 Å². The summed E-state index contributed by atoms with van der Waals surface area (Å²) in [6.45, 7) is 3.72. The molecule has 2 aliphatic rings. The third-order valence-electron chi connectivity index (χ3n) is 4.18. The fraction of sp³-hybridized carbons (Fsp3) is 0.625. The molecular formula is C16H22ClNO2. The summed E-state index contributed by atoms with van der Waals surface area (Å²) in [6.07, 6.45) is 4.63. The molecule has 0 bridgehead atoms. The second-order valence-electron chi connectivity index (χ2n) is 5.67. The molecule has 2 saturated heterocycles. The highest BCUT2D eigenvalue weighted by molar-refractivity contribution is 6.32. The van der Waals surface area contributed by atoms with Crippen LogP contribution in [0.2, 0.25) is 5.02 Å². The van der Waals surface area contributed by atoms with Gasteiger partial charge >= 0.3 is 0 Å². The predicted octanol–water partition coefficient (Wildman–Crippen LogP) is 3.36. The Morgan fingerprint density at radius 3 is 2.75 bits per heavy atom. The van der Waals surface area contributed by atoms with Gasteiger partial charge in [0, 0.05) is 6.61 Å². The quantitative estimate of drug-likeness (QED) is 0.927. The van der Waals surface area contributed by atoms with Crippen molar-refractivity contribution in [1.29, 1.82) is 0 Å². The van der Waals surface area contributed by atoms with Gasteiger partial charge in [-0.25, -0.2) is 0 Å². The van der Waals surface area contributed by atoms with Gasteiger partial charge in [-0.3, -0.25) is 0 Å². The van der Waals surface area contributed by atoms with E-state index >= 15 is 0 Å². The van der Waals surface area contributed by atoms with E-state index in [4.69, 9.17) is 21.1 Å². The van der Waals surface area contributed by atoms with E-state index in [9.17, 15) is 0 Å². The molecule has 20 heavy (non-hydrogen) atoms. The molecule has 1 N–H and O–H groups in total. The normalized spacial score (nSPS) is 24.6. The van der Waals surface area contributed by atoms with E-state index in [-0.39, 0.29) is 6.10 Å². The van der Waals surface area contributed by atoms with Crippen molar-refractivity contribution in [1.82, 2.24) is 5.32 Å². The maximum absolute atomic E-state index is 6.39. The third kappa shape index (κ3) is 3.46. The Labute approximate surface area is 125 Å². The van der Waals surface area contributed by atoms with Crippen LogP contribution in [0, 0.1) is 0 Å². The smallest absolute Gasteiger partial charge is 0.138 e. The maximum Gasteiger partial charge on any atom is 0.138 e. The molecule has 3 rings (SSSR count). The predicted molar refractivity (Wildman–Crippen MR) is 80.8 cm³/mol. The van der Waals surface area contributed by atoms with Gasteiger partial charge in [0.25, 0.3) is 0 Å². The molecule has 1 atom stereocenters. The van der Waals surface area contributed by atoms with Crippen molar-refractivity contribution in [2.24, 2.45) is 0 Å². The van der Waals surface area contributed by atoms with Crippen LogP contribution in [0.15, 0.2) is 18.2 Å². The standard InChI is InChI=1S/C16H22ClNO2/c17-15-10-13(12-5-7-18-8-6-12)3-4-16(15)20-14-2-1-9-19-11-14/h3-4,10,12,14,18H,1-2,5-9,11H2. The van der Waals surface area contributed by atoms with Gasteiger partial charge in [0.2, 0.25) is 0 Å². The summed E-state index contributed by atoms with van der Waals surface area (Å²) in [4.78, 5) is 0. The van der Waals surface area contributed by atoms with Crippen molar-refractivity contribution >= 4 is 11.6 Å². The maximum atomic E-state index is 6.39. The van der Waals surface area contributed by atoms with E-state index < -0.39 is 0 Å². The molecule has 110 valence electrons. The van der Waals surface area contributed by atoms with Crippen LogP contribution >= 0.6 is 11.6 Å². The monoisotopic (exact) mass is 295 g/mol. The summed E-state index contributed by atoms with van der Waals surface area (Å²) in [5.74, 6) is 1.42. The average molecular weight is 296 g/mol.